The first kappa shape index (κ1) is 24.2. The van der Waals surface area contributed by atoms with Gasteiger partial charge in [-0.1, -0.05) is 13.8 Å². The molecule has 0 aliphatic rings. The summed E-state index contributed by atoms with van der Waals surface area (Å²) in [5, 5.41) is 20.4. The van der Waals surface area contributed by atoms with Crippen LogP contribution in [0.4, 0.5) is 0 Å². The maximum absolute atomic E-state index is 12.3. The minimum atomic E-state index is -0.816. The third kappa shape index (κ3) is 9.66. The van der Waals surface area contributed by atoms with E-state index < -0.39 is 36.2 Å². The van der Waals surface area contributed by atoms with Gasteiger partial charge in [-0.25, -0.2) is 4.79 Å². The number of amides is 2. The van der Waals surface area contributed by atoms with Gasteiger partial charge in [-0.05, 0) is 19.8 Å². The molecule has 0 spiro atoms. The van der Waals surface area contributed by atoms with Crippen molar-refractivity contribution in [3.63, 3.8) is 0 Å². The molecule has 0 saturated carbocycles. The molecule has 0 aromatic carbocycles. The highest BCUT2D eigenvalue weighted by atomic mass is 16.5. The summed E-state index contributed by atoms with van der Waals surface area (Å²) < 4.78 is 4.51. The number of carbonyl (C=O) groups is 3. The average molecular weight is 375 g/mol. The van der Waals surface area contributed by atoms with Gasteiger partial charge in [0.05, 0.1) is 19.7 Å². The molecule has 0 aromatic heterocycles. The van der Waals surface area contributed by atoms with Gasteiger partial charge in [0.2, 0.25) is 11.8 Å². The van der Waals surface area contributed by atoms with E-state index in [0.29, 0.717) is 13.1 Å². The number of nitrogens with one attached hydrogen (secondary N) is 4. The Hall–Kier alpha value is -1.75. The molecule has 152 valence electrons. The Balaban J connectivity index is 4.30. The van der Waals surface area contributed by atoms with E-state index in [2.05, 4.69) is 26.0 Å². The molecule has 0 aromatic rings. The molecule has 0 aliphatic heterocycles. The first-order valence-electron chi connectivity index (χ1n) is 8.65. The second kappa shape index (κ2) is 12.6. The minimum absolute atomic E-state index is 0.00888. The number of rotatable bonds is 12. The molecule has 10 nitrogen and oxygen atoms in total. The van der Waals surface area contributed by atoms with Crippen molar-refractivity contribution >= 4 is 17.8 Å². The second-order valence-electron chi connectivity index (χ2n) is 6.46. The van der Waals surface area contributed by atoms with E-state index >= 15 is 0 Å². The summed E-state index contributed by atoms with van der Waals surface area (Å²) in [6.45, 7) is 7.55. The molecule has 0 bridgehead atoms. The summed E-state index contributed by atoms with van der Waals surface area (Å²) in [5.41, 5.74) is 5.54. The highest BCUT2D eigenvalue weighted by Crippen LogP contribution is 2.01. The van der Waals surface area contributed by atoms with Crippen molar-refractivity contribution in [1.82, 2.24) is 21.3 Å². The summed E-state index contributed by atoms with van der Waals surface area (Å²) in [6, 6.07) is -1.69. The van der Waals surface area contributed by atoms with E-state index in [1.807, 2.05) is 13.8 Å². The van der Waals surface area contributed by atoms with E-state index in [-0.39, 0.29) is 18.4 Å². The number of carbonyl (C=O) groups excluding carboxylic acids is 3. The molecule has 26 heavy (non-hydrogen) atoms. The Morgan fingerprint density at radius 2 is 1.65 bits per heavy atom. The van der Waals surface area contributed by atoms with Crippen LogP contribution in [0, 0.1) is 5.92 Å². The van der Waals surface area contributed by atoms with Gasteiger partial charge >= 0.3 is 5.97 Å². The lowest BCUT2D eigenvalue weighted by Crippen LogP contribution is -2.52. The molecule has 0 fully saturated rings. The van der Waals surface area contributed by atoms with Gasteiger partial charge in [0, 0.05) is 19.1 Å². The largest absolute Gasteiger partial charge is 0.467 e. The average Bonchev–Trinajstić information content (AvgIpc) is 2.57. The fourth-order valence-electron chi connectivity index (χ4n) is 2.07. The number of aliphatic hydroxyl groups is 1. The number of methoxy groups -OCH3 is 1. The van der Waals surface area contributed by atoms with Crippen molar-refractivity contribution in [3.8, 4) is 0 Å². The van der Waals surface area contributed by atoms with Crippen LogP contribution in [0.5, 0.6) is 0 Å². The molecule has 0 radical (unpaired) electrons. The van der Waals surface area contributed by atoms with Crippen molar-refractivity contribution in [3.05, 3.63) is 0 Å². The Morgan fingerprint density at radius 1 is 1.08 bits per heavy atom. The predicted octanol–water partition coefficient (Wildman–Crippen LogP) is -2.35. The maximum atomic E-state index is 12.3. The fraction of sp³-hybridized carbons (Fsp3) is 0.812. The lowest BCUT2D eigenvalue weighted by atomic mass is 10.0. The van der Waals surface area contributed by atoms with Crippen LogP contribution in [-0.2, 0) is 19.1 Å². The zero-order chi connectivity index (χ0) is 20.3. The van der Waals surface area contributed by atoms with Crippen LogP contribution >= 0.6 is 0 Å². The number of hydrogen-bond donors (Lipinski definition) is 6. The molecule has 2 amide bonds. The van der Waals surface area contributed by atoms with Crippen LogP contribution in [0.15, 0.2) is 0 Å². The Bertz CT molecular complexity index is 458. The smallest absolute Gasteiger partial charge is 0.328 e. The zero-order valence-corrected chi connectivity index (χ0v) is 16.2. The lowest BCUT2D eigenvalue weighted by Gasteiger charge is -2.23. The molecular weight excluding hydrogens is 342 g/mol. The van der Waals surface area contributed by atoms with Crippen LogP contribution in [-0.4, -0.2) is 74.0 Å². The third-order valence-electron chi connectivity index (χ3n) is 3.65. The Morgan fingerprint density at radius 3 is 2.15 bits per heavy atom. The van der Waals surface area contributed by atoms with Gasteiger partial charge < -0.3 is 31.5 Å². The minimum Gasteiger partial charge on any atom is -0.467 e. The second-order valence-corrected chi connectivity index (χ2v) is 6.46. The van der Waals surface area contributed by atoms with Gasteiger partial charge in [-0.2, -0.15) is 0 Å². The van der Waals surface area contributed by atoms with E-state index in [1.54, 1.807) is 6.92 Å². The number of nitrogens with two attached hydrogens (primary N) is 1. The highest BCUT2D eigenvalue weighted by molar-refractivity contribution is 5.89. The summed E-state index contributed by atoms with van der Waals surface area (Å²) >= 11 is 0. The number of hydrogen-bond acceptors (Lipinski definition) is 8. The quantitative estimate of drug-likeness (QED) is 0.126. The van der Waals surface area contributed by atoms with Crippen LogP contribution in [0.25, 0.3) is 0 Å². The first-order valence-corrected chi connectivity index (χ1v) is 8.65. The molecule has 0 aliphatic carbocycles. The molecule has 0 saturated heterocycles. The van der Waals surface area contributed by atoms with Gasteiger partial charge in [0.1, 0.15) is 12.3 Å². The molecule has 4 unspecified atom stereocenters. The van der Waals surface area contributed by atoms with Crippen LogP contribution in [0.1, 0.15) is 27.7 Å². The van der Waals surface area contributed by atoms with Crippen LogP contribution in [0.2, 0.25) is 0 Å². The lowest BCUT2D eigenvalue weighted by molar-refractivity contribution is -0.144. The molecule has 7 N–H and O–H groups in total. The molecule has 0 rings (SSSR count). The van der Waals surface area contributed by atoms with Gasteiger partial charge in [-0.3, -0.25) is 14.9 Å². The number of aliphatic hydroxyl groups excluding tert-OH is 1. The molecule has 10 heteroatoms. The monoisotopic (exact) mass is 375 g/mol. The standard InChI is InChI=1S/C16H33N5O5/c1-9(2)13(18-6-7-19-14(23)10(3)17)15(24)20-8-12(22)21-11(4)16(25)26-5/h9-11,13-14,18-19,23H,6-8,17H2,1-5H3,(H,20,24)(H,21,22). The van der Waals surface area contributed by atoms with E-state index in [9.17, 15) is 19.5 Å². The Kier molecular flexibility index (Phi) is 11.7. The van der Waals surface area contributed by atoms with E-state index in [1.165, 1.54) is 14.0 Å². The topological polar surface area (TPSA) is 155 Å². The normalized spacial score (nSPS) is 15.7. The maximum Gasteiger partial charge on any atom is 0.328 e. The molecular formula is C16H33N5O5. The summed E-state index contributed by atoms with van der Waals surface area (Å²) in [4.78, 5) is 35.3. The molecule has 0 heterocycles. The van der Waals surface area contributed by atoms with Gasteiger partial charge in [-0.15, -0.1) is 0 Å². The van der Waals surface area contributed by atoms with E-state index in [4.69, 9.17) is 5.73 Å². The zero-order valence-electron chi connectivity index (χ0n) is 16.2. The van der Waals surface area contributed by atoms with Crippen molar-refractivity contribution in [2.45, 2.75) is 52.0 Å². The van der Waals surface area contributed by atoms with Crippen LogP contribution < -0.4 is 27.0 Å². The molecule has 4 atom stereocenters. The predicted molar refractivity (Wildman–Crippen MR) is 96.9 cm³/mol. The van der Waals surface area contributed by atoms with Crippen molar-refractivity contribution in [1.29, 1.82) is 0 Å². The van der Waals surface area contributed by atoms with Crippen molar-refractivity contribution < 1.29 is 24.2 Å². The van der Waals surface area contributed by atoms with Crippen molar-refractivity contribution in [2.24, 2.45) is 11.7 Å². The summed E-state index contributed by atoms with van der Waals surface area (Å²) in [6.07, 6.45) is -0.816. The SMILES string of the molecule is COC(=O)C(C)NC(=O)CNC(=O)C(NCCNC(O)C(C)N)C(C)C. The van der Waals surface area contributed by atoms with Gasteiger partial charge in [0.15, 0.2) is 0 Å². The fourth-order valence-corrected chi connectivity index (χ4v) is 2.07. The van der Waals surface area contributed by atoms with Gasteiger partial charge in [0.25, 0.3) is 0 Å². The Labute approximate surface area is 154 Å². The summed E-state index contributed by atoms with van der Waals surface area (Å²) in [7, 11) is 1.23. The number of esters is 1. The third-order valence-corrected chi connectivity index (χ3v) is 3.65. The van der Waals surface area contributed by atoms with Crippen LogP contribution in [0.3, 0.4) is 0 Å². The van der Waals surface area contributed by atoms with Crippen molar-refractivity contribution in [2.75, 3.05) is 26.7 Å². The first-order chi connectivity index (χ1) is 12.1. The summed E-state index contributed by atoms with van der Waals surface area (Å²) in [5.74, 6) is -1.38. The number of ether oxygens (including phenoxy) is 1. The van der Waals surface area contributed by atoms with E-state index in [0.717, 1.165) is 0 Å². The highest BCUT2D eigenvalue weighted by Gasteiger charge is 2.23.